The van der Waals surface area contributed by atoms with Gasteiger partial charge in [-0.2, -0.15) is 0 Å². The molecular formula is C11H19N3O6. The lowest BCUT2D eigenvalue weighted by atomic mass is 10.1. The van der Waals surface area contributed by atoms with E-state index in [1.54, 1.807) is 6.92 Å². The van der Waals surface area contributed by atoms with E-state index >= 15 is 0 Å². The fraction of sp³-hybridized carbons (Fsp3) is 0.636. The number of hydrogen-bond acceptors (Lipinski definition) is 5. The first kappa shape index (κ1) is 17.7. The summed E-state index contributed by atoms with van der Waals surface area (Å²) in [5.41, 5.74) is 4.90. The minimum atomic E-state index is -1.27. The van der Waals surface area contributed by atoms with E-state index in [4.69, 9.17) is 10.8 Å². The molecule has 5 N–H and O–H groups in total. The molecule has 0 fully saturated rings. The molecule has 0 aromatic rings. The number of ether oxygens (including phenoxy) is 1. The van der Waals surface area contributed by atoms with Crippen molar-refractivity contribution in [2.75, 3.05) is 13.2 Å². The molecule has 20 heavy (non-hydrogen) atoms. The molecule has 0 aromatic carbocycles. The van der Waals surface area contributed by atoms with Crippen molar-refractivity contribution >= 4 is 23.9 Å². The highest BCUT2D eigenvalue weighted by atomic mass is 16.5. The Bertz CT molecular complexity index is 371. The van der Waals surface area contributed by atoms with Crippen LogP contribution in [0.3, 0.4) is 0 Å². The Labute approximate surface area is 115 Å². The standard InChI is InChI=1S/C11H19N3O6/c1-2-20-9(16)5-6-13-11(19)14-7(10(17)18)3-4-8(12)15/h7H,2-6H2,1H3,(H2,12,15)(H,17,18)(H2,13,14,19)/t7-/m1/s1. The van der Waals surface area contributed by atoms with Crippen LogP contribution in [0.2, 0.25) is 0 Å². The van der Waals surface area contributed by atoms with Gasteiger partial charge in [0.1, 0.15) is 6.04 Å². The molecule has 0 bridgehead atoms. The quantitative estimate of drug-likeness (QED) is 0.398. The van der Waals surface area contributed by atoms with E-state index in [1.165, 1.54) is 0 Å². The fourth-order valence-corrected chi connectivity index (χ4v) is 1.26. The predicted octanol–water partition coefficient (Wildman–Crippen LogP) is -1.04. The van der Waals surface area contributed by atoms with Crippen molar-refractivity contribution in [2.24, 2.45) is 5.73 Å². The normalized spacial score (nSPS) is 11.2. The molecule has 9 nitrogen and oxygen atoms in total. The molecule has 114 valence electrons. The second kappa shape index (κ2) is 9.59. The summed E-state index contributed by atoms with van der Waals surface area (Å²) in [6.07, 6.45) is -0.268. The van der Waals surface area contributed by atoms with Gasteiger partial charge in [0.05, 0.1) is 13.0 Å². The molecule has 0 spiro atoms. The first-order chi connectivity index (χ1) is 9.36. The predicted molar refractivity (Wildman–Crippen MR) is 67.6 cm³/mol. The van der Waals surface area contributed by atoms with Crippen molar-refractivity contribution in [2.45, 2.75) is 32.2 Å². The van der Waals surface area contributed by atoms with Gasteiger partial charge in [-0.3, -0.25) is 9.59 Å². The first-order valence-electron chi connectivity index (χ1n) is 6.07. The summed E-state index contributed by atoms with van der Waals surface area (Å²) >= 11 is 0. The highest BCUT2D eigenvalue weighted by Crippen LogP contribution is 1.97. The van der Waals surface area contributed by atoms with E-state index in [-0.39, 0.29) is 32.4 Å². The molecule has 0 aliphatic carbocycles. The van der Waals surface area contributed by atoms with E-state index < -0.39 is 29.9 Å². The van der Waals surface area contributed by atoms with E-state index in [9.17, 15) is 19.2 Å². The third kappa shape index (κ3) is 8.72. The molecule has 3 amide bonds. The first-order valence-corrected chi connectivity index (χ1v) is 6.07. The number of urea groups is 1. The van der Waals surface area contributed by atoms with Gasteiger partial charge >= 0.3 is 18.0 Å². The van der Waals surface area contributed by atoms with Gasteiger partial charge in [-0.05, 0) is 13.3 Å². The molecule has 0 aromatic heterocycles. The van der Waals surface area contributed by atoms with Crippen LogP contribution in [0.25, 0.3) is 0 Å². The van der Waals surface area contributed by atoms with Gasteiger partial charge in [0.2, 0.25) is 5.91 Å². The number of amides is 3. The Morgan fingerprint density at radius 2 is 1.90 bits per heavy atom. The van der Waals surface area contributed by atoms with Crippen LogP contribution < -0.4 is 16.4 Å². The fourth-order valence-electron chi connectivity index (χ4n) is 1.26. The summed E-state index contributed by atoms with van der Waals surface area (Å²) in [5.74, 6) is -2.39. The summed E-state index contributed by atoms with van der Waals surface area (Å²) in [6.45, 7) is 1.93. The smallest absolute Gasteiger partial charge is 0.326 e. The highest BCUT2D eigenvalue weighted by Gasteiger charge is 2.20. The Morgan fingerprint density at radius 3 is 2.40 bits per heavy atom. The summed E-state index contributed by atoms with van der Waals surface area (Å²) in [4.78, 5) is 43.8. The maximum Gasteiger partial charge on any atom is 0.326 e. The van der Waals surface area contributed by atoms with Crippen LogP contribution >= 0.6 is 0 Å². The maximum absolute atomic E-state index is 11.4. The summed E-state index contributed by atoms with van der Waals surface area (Å²) in [7, 11) is 0. The summed E-state index contributed by atoms with van der Waals surface area (Å²) in [6, 6.07) is -1.96. The Morgan fingerprint density at radius 1 is 1.25 bits per heavy atom. The van der Waals surface area contributed by atoms with Crippen molar-refractivity contribution in [1.82, 2.24) is 10.6 Å². The molecule has 1 atom stereocenters. The minimum absolute atomic E-state index is 0.0136. The van der Waals surface area contributed by atoms with Gasteiger partial charge in [0, 0.05) is 13.0 Å². The van der Waals surface area contributed by atoms with Crippen LogP contribution in [0.15, 0.2) is 0 Å². The lowest BCUT2D eigenvalue weighted by molar-refractivity contribution is -0.143. The second-order valence-electron chi connectivity index (χ2n) is 3.85. The molecule has 0 saturated carbocycles. The Balaban J connectivity index is 4.04. The number of aliphatic carboxylic acids is 1. The summed E-state index contributed by atoms with van der Waals surface area (Å²) in [5, 5.41) is 13.3. The van der Waals surface area contributed by atoms with Gasteiger partial charge < -0.3 is 26.2 Å². The van der Waals surface area contributed by atoms with Gasteiger partial charge in [0.25, 0.3) is 0 Å². The number of carboxylic acid groups (broad SMARTS) is 1. The van der Waals surface area contributed by atoms with Crippen LogP contribution in [-0.2, 0) is 19.1 Å². The maximum atomic E-state index is 11.4. The van der Waals surface area contributed by atoms with Gasteiger partial charge in [-0.1, -0.05) is 0 Å². The molecule has 0 unspecified atom stereocenters. The number of esters is 1. The molecule has 9 heteroatoms. The van der Waals surface area contributed by atoms with E-state index in [1.807, 2.05) is 0 Å². The van der Waals surface area contributed by atoms with Crippen molar-refractivity contribution < 1.29 is 29.0 Å². The van der Waals surface area contributed by atoms with Gasteiger partial charge in [0.15, 0.2) is 0 Å². The zero-order valence-corrected chi connectivity index (χ0v) is 11.2. The minimum Gasteiger partial charge on any atom is -0.480 e. The number of hydrogen-bond donors (Lipinski definition) is 4. The third-order valence-corrected chi connectivity index (χ3v) is 2.20. The number of carbonyl (C=O) groups excluding carboxylic acids is 3. The number of primary amides is 1. The van der Waals surface area contributed by atoms with Crippen LogP contribution in [0, 0.1) is 0 Å². The van der Waals surface area contributed by atoms with Crippen molar-refractivity contribution in [1.29, 1.82) is 0 Å². The van der Waals surface area contributed by atoms with Crippen LogP contribution in [0.5, 0.6) is 0 Å². The average Bonchev–Trinajstić information content (AvgIpc) is 2.34. The van der Waals surface area contributed by atoms with E-state index in [2.05, 4.69) is 15.4 Å². The highest BCUT2D eigenvalue weighted by molar-refractivity contribution is 5.83. The van der Waals surface area contributed by atoms with Crippen molar-refractivity contribution in [3.63, 3.8) is 0 Å². The number of nitrogens with one attached hydrogen (secondary N) is 2. The van der Waals surface area contributed by atoms with Crippen LogP contribution in [0.4, 0.5) is 4.79 Å². The number of nitrogens with two attached hydrogens (primary N) is 1. The SMILES string of the molecule is CCOC(=O)CCNC(=O)N[C@H](CCC(N)=O)C(=O)O. The molecule has 0 saturated heterocycles. The van der Waals surface area contributed by atoms with E-state index in [0.717, 1.165) is 0 Å². The number of carboxylic acids is 1. The molecule has 0 rings (SSSR count). The van der Waals surface area contributed by atoms with Crippen LogP contribution in [0.1, 0.15) is 26.2 Å². The van der Waals surface area contributed by atoms with Crippen molar-refractivity contribution in [3.8, 4) is 0 Å². The van der Waals surface area contributed by atoms with Crippen molar-refractivity contribution in [3.05, 3.63) is 0 Å². The zero-order chi connectivity index (χ0) is 15.5. The zero-order valence-electron chi connectivity index (χ0n) is 11.2. The largest absolute Gasteiger partial charge is 0.480 e. The monoisotopic (exact) mass is 289 g/mol. The molecular weight excluding hydrogens is 270 g/mol. The van der Waals surface area contributed by atoms with Gasteiger partial charge in [-0.25, -0.2) is 9.59 Å². The number of rotatable bonds is 9. The Kier molecular flexibility index (Phi) is 8.48. The lowest BCUT2D eigenvalue weighted by Crippen LogP contribution is -2.46. The molecule has 0 heterocycles. The number of carbonyl (C=O) groups is 4. The Hall–Kier alpha value is -2.32. The lowest BCUT2D eigenvalue weighted by Gasteiger charge is -2.14. The third-order valence-electron chi connectivity index (χ3n) is 2.20. The molecule has 0 radical (unpaired) electrons. The van der Waals surface area contributed by atoms with Gasteiger partial charge in [-0.15, -0.1) is 0 Å². The van der Waals surface area contributed by atoms with Crippen LogP contribution in [-0.4, -0.2) is 48.2 Å². The molecule has 0 aliphatic rings. The van der Waals surface area contributed by atoms with E-state index in [0.29, 0.717) is 0 Å². The topological polar surface area (TPSA) is 148 Å². The average molecular weight is 289 g/mol. The second-order valence-corrected chi connectivity index (χ2v) is 3.85. The summed E-state index contributed by atoms with van der Waals surface area (Å²) < 4.78 is 4.65. The molecule has 0 aliphatic heterocycles.